The highest BCUT2D eigenvalue weighted by Crippen LogP contribution is 2.16. The van der Waals surface area contributed by atoms with Gasteiger partial charge < -0.3 is 75.6 Å². The summed E-state index contributed by atoms with van der Waals surface area (Å²) in [6.07, 6.45) is -1.54. The van der Waals surface area contributed by atoms with Crippen LogP contribution in [0.4, 0.5) is 0 Å². The van der Waals surface area contributed by atoms with E-state index < -0.39 is 167 Å². The topological polar surface area (TPSA) is 319 Å². The van der Waals surface area contributed by atoms with Crippen LogP contribution in [0.5, 0.6) is 0 Å². The zero-order valence-electron chi connectivity index (χ0n) is 51.9. The highest BCUT2D eigenvalue weighted by Gasteiger charge is 2.35. The fraction of sp³-hybridized carbons (Fsp3) is 0.821. The molecule has 0 fully saturated rings. The Hall–Kier alpha value is -5.50. The molecule has 0 aliphatic heterocycles. The van der Waals surface area contributed by atoms with Gasteiger partial charge in [0.05, 0.1) is 57.1 Å². The summed E-state index contributed by atoms with van der Waals surface area (Å²) in [5.41, 5.74) is 5.37. The predicted octanol–water partition coefficient (Wildman–Crippen LogP) is -0.167. The number of hydrogen-bond donors (Lipinski definition) is 6. The average molecular weight is 1160 g/mol. The molecule has 0 bridgehead atoms. The molecule has 7 N–H and O–H groups in total. The van der Waals surface area contributed by atoms with Crippen molar-refractivity contribution in [2.75, 3.05) is 91.6 Å². The van der Waals surface area contributed by atoms with Crippen LogP contribution in [0.2, 0.25) is 0 Å². The van der Waals surface area contributed by atoms with Gasteiger partial charge in [0.2, 0.25) is 59.1 Å². The van der Waals surface area contributed by atoms with Crippen molar-refractivity contribution in [3.63, 3.8) is 0 Å². The molecule has 0 spiro atoms. The predicted molar refractivity (Wildman–Crippen MR) is 307 cm³/mol. The summed E-state index contributed by atoms with van der Waals surface area (Å²) < 4.78 is 0. The molecule has 468 valence electrons. The van der Waals surface area contributed by atoms with Gasteiger partial charge in [-0.1, -0.05) is 41.5 Å². The lowest BCUT2D eigenvalue weighted by Gasteiger charge is -2.37. The van der Waals surface area contributed by atoms with Crippen LogP contribution in [-0.4, -0.2) is 276 Å². The van der Waals surface area contributed by atoms with E-state index in [4.69, 9.17) is 5.73 Å². The minimum Gasteiger partial charge on any atom is -0.392 e. The van der Waals surface area contributed by atoms with E-state index in [0.29, 0.717) is 32.1 Å². The number of carbonyl (C=O) groups is 10. The first kappa shape index (κ1) is 75.5. The van der Waals surface area contributed by atoms with E-state index in [2.05, 4.69) is 5.32 Å². The molecule has 0 aliphatic carbocycles. The number of rotatable bonds is 40. The first-order chi connectivity index (χ1) is 37.7. The minimum absolute atomic E-state index is 0.0134. The largest absolute Gasteiger partial charge is 0.392 e. The molecule has 10 atom stereocenters. The number of nitrogens with two attached hydrogens (primary N) is 1. The molecule has 0 aromatic heterocycles. The molecule has 0 heterocycles. The van der Waals surface area contributed by atoms with Crippen molar-refractivity contribution in [2.45, 2.75) is 210 Å². The SMILES string of the molecule is CCC(C)NCC(=O)N(CC(=O)N(CC(=O)N(CC(=O)N(CC(=O)N(CC(=O)N(CC(=O)N(CC(=O)N(CC(=O)N(CC(N)=O)CC(C)O)C(C)CC)C(C)CC)C(C)CC)CC(C)O)CC(C)O)CC(C)O)C(C)CC)C(C)CC. The van der Waals surface area contributed by atoms with E-state index in [-0.39, 0.29) is 44.2 Å². The first-order valence-corrected chi connectivity index (χ1v) is 29.1. The summed E-state index contributed by atoms with van der Waals surface area (Å²) in [7, 11) is 0. The van der Waals surface area contributed by atoms with Gasteiger partial charge in [-0.15, -0.1) is 0 Å². The Morgan fingerprint density at radius 1 is 0.321 bits per heavy atom. The third-order valence-electron chi connectivity index (χ3n) is 14.6. The molecule has 10 unspecified atom stereocenters. The van der Waals surface area contributed by atoms with E-state index in [1.165, 1.54) is 52.2 Å². The average Bonchev–Trinajstić information content (AvgIpc) is 3.44. The first-order valence-electron chi connectivity index (χ1n) is 29.1. The van der Waals surface area contributed by atoms with Gasteiger partial charge in [0.15, 0.2) is 0 Å². The summed E-state index contributed by atoms with van der Waals surface area (Å²) in [6.45, 7) is 21.2. The molecule has 0 aromatic rings. The Balaban J connectivity index is 6.88. The van der Waals surface area contributed by atoms with Crippen molar-refractivity contribution in [1.29, 1.82) is 0 Å². The number of hydrogen-bond acceptors (Lipinski definition) is 15. The van der Waals surface area contributed by atoms with Crippen LogP contribution in [0.3, 0.4) is 0 Å². The van der Waals surface area contributed by atoms with Crippen LogP contribution < -0.4 is 11.1 Å². The Morgan fingerprint density at radius 3 is 0.765 bits per heavy atom. The number of nitrogens with zero attached hydrogens (tertiary/aromatic N) is 9. The molecule has 25 heteroatoms. The van der Waals surface area contributed by atoms with Crippen LogP contribution in [0.15, 0.2) is 0 Å². The van der Waals surface area contributed by atoms with E-state index in [1.54, 1.807) is 41.5 Å². The number of aliphatic hydroxyl groups is 4. The second kappa shape index (κ2) is 38.3. The third-order valence-corrected chi connectivity index (χ3v) is 14.6. The van der Waals surface area contributed by atoms with Gasteiger partial charge in [-0.2, -0.15) is 0 Å². The van der Waals surface area contributed by atoms with Gasteiger partial charge in [0.1, 0.15) is 32.7 Å². The maximum atomic E-state index is 14.4. The second-order valence-electron chi connectivity index (χ2n) is 22.0. The van der Waals surface area contributed by atoms with E-state index in [1.807, 2.05) is 41.5 Å². The van der Waals surface area contributed by atoms with Crippen LogP contribution in [0.1, 0.15) is 149 Å². The molecule has 81 heavy (non-hydrogen) atoms. The van der Waals surface area contributed by atoms with Crippen molar-refractivity contribution in [3.8, 4) is 0 Å². The zero-order valence-corrected chi connectivity index (χ0v) is 51.9. The Morgan fingerprint density at radius 2 is 0.531 bits per heavy atom. The van der Waals surface area contributed by atoms with Crippen LogP contribution in [0.25, 0.3) is 0 Å². The lowest BCUT2D eigenvalue weighted by Crippen LogP contribution is -2.56. The standard InChI is InChI=1S/C56H105N11O14/c1-17-37(7)58-23-48(73)63(38(8)18-2)34-54(79)65(40(10)20-4)33-52(77)61(26-45(15)70)30-49(74)60(25-44(14)69)29-50(75)62(27-46(16)71)31-53(78)66(41(11)21-5)35-56(81)67(42(12)22-6)36-55(80)64(39(9)19-3)32-51(76)59(24-43(13)68)28-47(57)72/h37-46,58,68-71H,17-36H2,1-16H3,(H2,57,72). The highest BCUT2D eigenvalue weighted by molar-refractivity contribution is 5.94. The molecule has 10 amide bonds. The third kappa shape index (κ3) is 27.4. The van der Waals surface area contributed by atoms with Crippen LogP contribution in [0, 0.1) is 0 Å². The molecule has 0 aliphatic rings. The van der Waals surface area contributed by atoms with E-state index in [9.17, 15) is 68.4 Å². The number of primary amides is 1. The zero-order chi connectivity index (χ0) is 62.6. The summed E-state index contributed by atoms with van der Waals surface area (Å²) in [4.78, 5) is 149. The highest BCUT2D eigenvalue weighted by atomic mass is 16.3. The van der Waals surface area contributed by atoms with E-state index in [0.717, 1.165) is 26.0 Å². The summed E-state index contributed by atoms with van der Waals surface area (Å²) in [5.74, 6) is -6.50. The number of amides is 10. The van der Waals surface area contributed by atoms with E-state index >= 15 is 0 Å². The molecule has 0 rings (SSSR count). The smallest absolute Gasteiger partial charge is 0.242 e. The second-order valence-corrected chi connectivity index (χ2v) is 22.0. The molecule has 0 saturated carbocycles. The van der Waals surface area contributed by atoms with Crippen LogP contribution >= 0.6 is 0 Å². The lowest BCUT2D eigenvalue weighted by atomic mass is 10.1. The maximum absolute atomic E-state index is 14.4. The van der Waals surface area contributed by atoms with Crippen molar-refractivity contribution in [1.82, 2.24) is 49.4 Å². The molecular formula is C56H105N11O14. The number of aliphatic hydroxyl groups excluding tert-OH is 4. The molecular weight excluding hydrogens is 1050 g/mol. The van der Waals surface area contributed by atoms with Crippen molar-refractivity contribution < 1.29 is 68.4 Å². The Labute approximate surface area is 482 Å². The number of nitrogens with one attached hydrogen (secondary N) is 1. The molecule has 0 saturated heterocycles. The van der Waals surface area contributed by atoms with Crippen molar-refractivity contribution in [3.05, 3.63) is 0 Å². The Bertz CT molecular complexity index is 2010. The Kier molecular flexibility index (Phi) is 35.7. The van der Waals surface area contributed by atoms with Gasteiger partial charge in [0, 0.05) is 62.4 Å². The fourth-order valence-electron chi connectivity index (χ4n) is 8.52. The van der Waals surface area contributed by atoms with Gasteiger partial charge in [-0.25, -0.2) is 0 Å². The van der Waals surface area contributed by atoms with Crippen molar-refractivity contribution >= 4 is 59.1 Å². The minimum atomic E-state index is -1.19. The monoisotopic (exact) mass is 1160 g/mol. The number of carbonyl (C=O) groups excluding carboxylic acids is 10. The molecule has 25 nitrogen and oxygen atoms in total. The van der Waals surface area contributed by atoms with Crippen molar-refractivity contribution in [2.24, 2.45) is 5.73 Å². The molecule has 0 radical (unpaired) electrons. The van der Waals surface area contributed by atoms with Crippen LogP contribution in [-0.2, 0) is 47.9 Å². The van der Waals surface area contributed by atoms with Gasteiger partial charge >= 0.3 is 0 Å². The van der Waals surface area contributed by atoms with Gasteiger partial charge in [-0.05, 0) is 108 Å². The summed E-state index contributed by atoms with van der Waals surface area (Å²) in [5, 5.41) is 44.9. The molecule has 0 aromatic carbocycles. The summed E-state index contributed by atoms with van der Waals surface area (Å²) in [6, 6.07) is -2.33. The quantitative estimate of drug-likeness (QED) is 0.0464. The van der Waals surface area contributed by atoms with Gasteiger partial charge in [0.25, 0.3) is 0 Å². The maximum Gasteiger partial charge on any atom is 0.242 e. The van der Waals surface area contributed by atoms with Gasteiger partial charge in [-0.3, -0.25) is 47.9 Å². The normalized spacial score (nSPS) is 15.0. The summed E-state index contributed by atoms with van der Waals surface area (Å²) >= 11 is 0. The lowest BCUT2D eigenvalue weighted by molar-refractivity contribution is -0.152. The fourth-order valence-corrected chi connectivity index (χ4v) is 8.52.